The number of aliphatic imine (C=N–C) groups is 1. The van der Waals surface area contributed by atoms with E-state index in [2.05, 4.69) is 53.3 Å². The Labute approximate surface area is 209 Å². The van der Waals surface area contributed by atoms with Gasteiger partial charge in [-0.2, -0.15) is 11.8 Å². The molecule has 0 spiro atoms. The number of nitrogens with zero attached hydrogens (tertiary/aromatic N) is 2. The van der Waals surface area contributed by atoms with E-state index in [0.717, 1.165) is 64.1 Å². The highest BCUT2D eigenvalue weighted by molar-refractivity contribution is 14.0. The highest BCUT2D eigenvalue weighted by Gasteiger charge is 2.40. The van der Waals surface area contributed by atoms with Crippen molar-refractivity contribution in [1.82, 2.24) is 15.5 Å². The molecule has 6 nitrogen and oxygen atoms in total. The minimum atomic E-state index is 0. The van der Waals surface area contributed by atoms with Gasteiger partial charge in [-0.3, -0.25) is 9.89 Å². The smallest absolute Gasteiger partial charge is 0.191 e. The van der Waals surface area contributed by atoms with Crippen molar-refractivity contribution in [3.8, 4) is 5.75 Å². The Bertz CT molecular complexity index is 662. The Morgan fingerprint density at radius 3 is 2.61 bits per heavy atom. The molecular formula is C23H39IN4O2S. The minimum Gasteiger partial charge on any atom is -0.497 e. The molecule has 2 fully saturated rings. The number of hydrogen-bond acceptors (Lipinski definition) is 5. The Morgan fingerprint density at radius 2 is 2.00 bits per heavy atom. The van der Waals surface area contributed by atoms with Crippen LogP contribution in [0.3, 0.4) is 0 Å². The van der Waals surface area contributed by atoms with E-state index in [1.54, 1.807) is 7.11 Å². The normalized spacial score (nSPS) is 23.1. The molecule has 31 heavy (non-hydrogen) atoms. The first kappa shape index (κ1) is 26.5. The van der Waals surface area contributed by atoms with Gasteiger partial charge in [0.25, 0.3) is 0 Å². The topological polar surface area (TPSA) is 58.1 Å². The third-order valence-corrected chi connectivity index (χ3v) is 7.43. The van der Waals surface area contributed by atoms with Gasteiger partial charge < -0.3 is 20.1 Å². The lowest BCUT2D eigenvalue weighted by atomic mass is 9.96. The summed E-state index contributed by atoms with van der Waals surface area (Å²) >= 11 is 2.06. The van der Waals surface area contributed by atoms with Gasteiger partial charge in [0.15, 0.2) is 5.96 Å². The summed E-state index contributed by atoms with van der Waals surface area (Å²) in [6, 6.07) is 8.39. The Hall–Kier alpha value is -0.710. The molecule has 2 saturated heterocycles. The molecule has 0 aliphatic carbocycles. The van der Waals surface area contributed by atoms with E-state index >= 15 is 0 Å². The molecular weight excluding hydrogens is 523 g/mol. The second-order valence-electron chi connectivity index (χ2n) is 8.21. The fourth-order valence-electron chi connectivity index (χ4n) is 4.18. The van der Waals surface area contributed by atoms with Gasteiger partial charge in [-0.15, -0.1) is 24.0 Å². The second kappa shape index (κ2) is 13.7. The van der Waals surface area contributed by atoms with Crippen molar-refractivity contribution in [3.63, 3.8) is 0 Å². The van der Waals surface area contributed by atoms with Crippen molar-refractivity contribution < 1.29 is 9.47 Å². The maximum absolute atomic E-state index is 5.58. The summed E-state index contributed by atoms with van der Waals surface area (Å²) in [5, 5.41) is 6.98. The lowest BCUT2D eigenvalue weighted by Crippen LogP contribution is -2.56. The van der Waals surface area contributed by atoms with Crippen LogP contribution in [0.2, 0.25) is 0 Å². The molecule has 0 saturated carbocycles. The molecule has 2 aliphatic rings. The Kier molecular flexibility index (Phi) is 11.8. The standard InChI is InChI=1S/C23H38N4O2S.HI/c1-4-24-22(25-11-9-19(2)20-5-7-21(28-3)8-6-20)26-17-23(10-16-30-18-23)27-12-14-29-15-13-27;/h5-8,19H,4,9-18H2,1-3H3,(H2,24,25,26);1H. The molecule has 0 bridgehead atoms. The van der Waals surface area contributed by atoms with E-state index < -0.39 is 0 Å². The third-order valence-electron chi connectivity index (χ3n) is 6.19. The fraction of sp³-hybridized carbons (Fsp3) is 0.696. The highest BCUT2D eigenvalue weighted by Crippen LogP contribution is 2.34. The zero-order valence-corrected chi connectivity index (χ0v) is 22.3. The van der Waals surface area contributed by atoms with E-state index in [1.807, 2.05) is 12.1 Å². The molecule has 176 valence electrons. The van der Waals surface area contributed by atoms with Gasteiger partial charge in [0.2, 0.25) is 0 Å². The number of morpholine rings is 1. The van der Waals surface area contributed by atoms with Crippen molar-refractivity contribution >= 4 is 41.7 Å². The number of thioether (sulfide) groups is 1. The molecule has 3 rings (SSSR count). The SMILES string of the molecule is CCNC(=NCC1(N2CCOCC2)CCSC1)NCCC(C)c1ccc(OC)cc1.I. The fourth-order valence-corrected chi connectivity index (χ4v) is 5.65. The maximum Gasteiger partial charge on any atom is 0.191 e. The minimum absolute atomic E-state index is 0. The molecule has 2 atom stereocenters. The molecule has 1 aromatic rings. The van der Waals surface area contributed by atoms with Crippen LogP contribution in [-0.2, 0) is 4.74 Å². The van der Waals surface area contributed by atoms with Gasteiger partial charge in [0.1, 0.15) is 5.75 Å². The van der Waals surface area contributed by atoms with E-state index in [4.69, 9.17) is 14.5 Å². The second-order valence-corrected chi connectivity index (χ2v) is 9.32. The molecule has 0 amide bonds. The number of benzene rings is 1. The largest absolute Gasteiger partial charge is 0.497 e. The van der Waals surface area contributed by atoms with E-state index in [1.165, 1.54) is 23.5 Å². The predicted molar refractivity (Wildman–Crippen MR) is 142 cm³/mol. The van der Waals surface area contributed by atoms with Crippen molar-refractivity contribution in [2.75, 3.05) is 64.6 Å². The van der Waals surface area contributed by atoms with Crippen LogP contribution < -0.4 is 15.4 Å². The zero-order valence-electron chi connectivity index (χ0n) is 19.2. The van der Waals surface area contributed by atoms with Crippen molar-refractivity contribution in [3.05, 3.63) is 29.8 Å². The summed E-state index contributed by atoms with van der Waals surface area (Å²) < 4.78 is 10.8. The lowest BCUT2D eigenvalue weighted by molar-refractivity contribution is -0.0104. The highest BCUT2D eigenvalue weighted by atomic mass is 127. The summed E-state index contributed by atoms with van der Waals surface area (Å²) in [7, 11) is 1.71. The van der Waals surface area contributed by atoms with Crippen molar-refractivity contribution in [1.29, 1.82) is 0 Å². The molecule has 2 aliphatic heterocycles. The predicted octanol–water partition coefficient (Wildman–Crippen LogP) is 3.57. The van der Waals surface area contributed by atoms with E-state index in [-0.39, 0.29) is 29.5 Å². The number of methoxy groups -OCH3 is 1. The summed E-state index contributed by atoms with van der Waals surface area (Å²) in [6.07, 6.45) is 2.27. The molecule has 8 heteroatoms. The van der Waals surface area contributed by atoms with Gasteiger partial charge in [0, 0.05) is 31.9 Å². The van der Waals surface area contributed by atoms with Crippen LogP contribution in [0.15, 0.2) is 29.3 Å². The van der Waals surface area contributed by atoms with Crippen LogP contribution in [-0.4, -0.2) is 81.0 Å². The van der Waals surface area contributed by atoms with Gasteiger partial charge in [-0.1, -0.05) is 19.1 Å². The van der Waals surface area contributed by atoms with Crippen molar-refractivity contribution in [2.45, 2.75) is 38.1 Å². The lowest BCUT2D eigenvalue weighted by Gasteiger charge is -2.42. The van der Waals surface area contributed by atoms with Crippen LogP contribution in [0.4, 0.5) is 0 Å². The van der Waals surface area contributed by atoms with Crippen LogP contribution in [0.5, 0.6) is 5.75 Å². The number of halogens is 1. The molecule has 2 N–H and O–H groups in total. The maximum atomic E-state index is 5.58. The first-order valence-corrected chi connectivity index (χ1v) is 12.4. The Morgan fingerprint density at radius 1 is 1.26 bits per heavy atom. The summed E-state index contributed by atoms with van der Waals surface area (Å²) in [6.45, 7) is 10.8. The first-order valence-electron chi connectivity index (χ1n) is 11.2. The number of hydrogen-bond donors (Lipinski definition) is 2. The summed E-state index contributed by atoms with van der Waals surface area (Å²) in [5.41, 5.74) is 1.53. The molecule has 1 aromatic carbocycles. The van der Waals surface area contributed by atoms with Crippen molar-refractivity contribution in [2.24, 2.45) is 4.99 Å². The van der Waals surface area contributed by atoms with Gasteiger partial charge >= 0.3 is 0 Å². The van der Waals surface area contributed by atoms with Crippen LogP contribution >= 0.6 is 35.7 Å². The van der Waals surface area contributed by atoms with Crippen LogP contribution in [0.25, 0.3) is 0 Å². The summed E-state index contributed by atoms with van der Waals surface area (Å²) in [5.74, 6) is 4.73. The van der Waals surface area contributed by atoms with Gasteiger partial charge in [-0.05, 0) is 49.1 Å². The van der Waals surface area contributed by atoms with Crippen LogP contribution in [0.1, 0.15) is 38.2 Å². The average Bonchev–Trinajstić information content (AvgIpc) is 3.28. The molecule has 0 radical (unpaired) electrons. The number of guanidine groups is 1. The number of nitrogens with one attached hydrogen (secondary N) is 2. The molecule has 2 unspecified atom stereocenters. The molecule has 0 aromatic heterocycles. The number of ether oxygens (including phenoxy) is 2. The summed E-state index contributed by atoms with van der Waals surface area (Å²) in [4.78, 5) is 7.64. The monoisotopic (exact) mass is 562 g/mol. The quantitative estimate of drug-likeness (QED) is 0.273. The average molecular weight is 563 g/mol. The van der Waals surface area contributed by atoms with Gasteiger partial charge in [-0.25, -0.2) is 0 Å². The van der Waals surface area contributed by atoms with Gasteiger partial charge in [0.05, 0.1) is 32.4 Å². The Balaban J connectivity index is 0.00000341. The zero-order chi connectivity index (χ0) is 21.2. The van der Waals surface area contributed by atoms with E-state index in [0.29, 0.717) is 5.92 Å². The number of rotatable bonds is 9. The van der Waals surface area contributed by atoms with E-state index in [9.17, 15) is 0 Å². The van der Waals surface area contributed by atoms with Crippen LogP contribution in [0, 0.1) is 0 Å². The third kappa shape index (κ3) is 7.68. The first-order chi connectivity index (χ1) is 14.7. The molecule has 2 heterocycles.